The number of amides is 4. The molecule has 4 amide bonds. The number of imide groups is 1. The van der Waals surface area contributed by atoms with Crippen LogP contribution in [-0.2, 0) is 38.3 Å². The van der Waals surface area contributed by atoms with Crippen molar-refractivity contribution < 1.29 is 43.4 Å². The van der Waals surface area contributed by atoms with Crippen LogP contribution in [0.25, 0.3) is 0 Å². The van der Waals surface area contributed by atoms with Crippen LogP contribution in [0.15, 0.2) is 0 Å². The average molecular weight is 540 g/mol. The Morgan fingerprint density at radius 3 is 1.74 bits per heavy atom. The van der Waals surface area contributed by atoms with Crippen LogP contribution >= 0.6 is 33.3 Å². The van der Waals surface area contributed by atoms with E-state index in [2.05, 4.69) is 10.6 Å². The first-order valence-corrected chi connectivity index (χ1v) is 13.8. The van der Waals surface area contributed by atoms with E-state index in [0.29, 0.717) is 10.7 Å². The van der Waals surface area contributed by atoms with E-state index in [4.69, 9.17) is 4.74 Å². The minimum Gasteiger partial charge on any atom is -0.480 e. The van der Waals surface area contributed by atoms with Crippen LogP contribution in [0.4, 0.5) is 0 Å². The maximum absolute atomic E-state index is 12.5. The van der Waals surface area contributed by atoms with E-state index in [1.807, 2.05) is 6.26 Å². The number of ether oxygens (including phenoxy) is 1. The summed E-state index contributed by atoms with van der Waals surface area (Å²) >= 11 is 1.44. The lowest BCUT2D eigenvalue weighted by Gasteiger charge is -2.24. The van der Waals surface area contributed by atoms with Crippen molar-refractivity contribution in [3.8, 4) is 0 Å². The van der Waals surface area contributed by atoms with Crippen LogP contribution in [0.1, 0.15) is 34.1 Å². The van der Waals surface area contributed by atoms with Crippen molar-refractivity contribution in [3.63, 3.8) is 0 Å². The molecule has 0 aromatic rings. The normalized spacial score (nSPS) is 13.1. The second-order valence-electron chi connectivity index (χ2n) is 6.86. The number of esters is 2. The zero-order chi connectivity index (χ0) is 26.4. The van der Waals surface area contributed by atoms with Gasteiger partial charge in [-0.3, -0.25) is 24.1 Å². The number of aliphatic carboxylic acids is 1. The van der Waals surface area contributed by atoms with Gasteiger partial charge in [0.15, 0.2) is 0 Å². The molecule has 3 atom stereocenters. The molecule has 0 heterocycles. The number of nitrogens with one attached hydrogen (secondary N) is 2. The number of nitrogens with zero attached hydrogens (tertiary/aromatic N) is 1. The molecule has 3 N–H and O–H groups in total. The number of carboxylic acid groups (broad SMARTS) is 1. The molecular formula is C19H29N3O9S3. The van der Waals surface area contributed by atoms with Crippen molar-refractivity contribution in [3.05, 3.63) is 0 Å². The molecule has 0 spiro atoms. The van der Waals surface area contributed by atoms with Gasteiger partial charge in [-0.15, -0.1) is 0 Å². The largest absolute Gasteiger partial charge is 0.480 e. The Kier molecular flexibility index (Phi) is 15.3. The standard InChI is InChI=1S/C19H29N3O9S3/c1-10(23)20-14(6-7-32-5)18(29)31-19(30)15(21-11(2)24)8-33-34-9-16(17(27)28)22(12(3)25)13(4)26/h14-16H,6-9H2,1-5H3,(H,20,23)(H,21,24)(H,27,28)/t14-,15-,16-/m0/s1. The predicted molar refractivity (Wildman–Crippen MR) is 129 cm³/mol. The Morgan fingerprint density at radius 2 is 1.29 bits per heavy atom. The molecule has 0 fully saturated rings. The number of carbonyl (C=O) groups excluding carboxylic acids is 6. The van der Waals surface area contributed by atoms with Crippen LogP contribution < -0.4 is 10.6 Å². The van der Waals surface area contributed by atoms with Gasteiger partial charge in [0.25, 0.3) is 0 Å². The number of carbonyl (C=O) groups is 7. The monoisotopic (exact) mass is 539 g/mol. The highest BCUT2D eigenvalue weighted by molar-refractivity contribution is 8.76. The Balaban J connectivity index is 5.14. The molecule has 15 heteroatoms. The summed E-state index contributed by atoms with van der Waals surface area (Å²) in [6.45, 7) is 4.53. The van der Waals surface area contributed by atoms with Gasteiger partial charge in [-0.05, 0) is 18.4 Å². The molecule has 192 valence electrons. The molecule has 0 aliphatic heterocycles. The minimum atomic E-state index is -1.42. The third kappa shape index (κ3) is 12.3. The maximum atomic E-state index is 12.5. The summed E-state index contributed by atoms with van der Waals surface area (Å²) in [6, 6.07) is -3.69. The van der Waals surface area contributed by atoms with Crippen molar-refractivity contribution in [2.75, 3.05) is 23.5 Å². The lowest BCUT2D eigenvalue weighted by Crippen LogP contribution is -2.48. The van der Waals surface area contributed by atoms with Crippen molar-refractivity contribution in [1.29, 1.82) is 0 Å². The summed E-state index contributed by atoms with van der Waals surface area (Å²) in [7, 11) is 1.94. The minimum absolute atomic E-state index is 0.0988. The van der Waals surface area contributed by atoms with Gasteiger partial charge in [-0.2, -0.15) is 11.8 Å². The molecule has 0 aromatic heterocycles. The highest BCUT2D eigenvalue weighted by Gasteiger charge is 2.32. The van der Waals surface area contributed by atoms with E-state index in [1.165, 1.54) is 18.7 Å². The Morgan fingerprint density at radius 1 is 0.824 bits per heavy atom. The zero-order valence-electron chi connectivity index (χ0n) is 19.4. The topological polar surface area (TPSA) is 176 Å². The SMILES string of the molecule is CSCC[C@H](NC(C)=O)C(=O)OC(=O)[C@H](CSSC[C@@H](C(=O)O)N(C(C)=O)C(C)=O)NC(C)=O. The zero-order valence-corrected chi connectivity index (χ0v) is 21.9. The number of thioether (sulfide) groups is 1. The van der Waals surface area contributed by atoms with Gasteiger partial charge >= 0.3 is 17.9 Å². The lowest BCUT2D eigenvalue weighted by molar-refractivity contribution is -0.163. The maximum Gasteiger partial charge on any atom is 0.337 e. The Bertz CT molecular complexity index is 780. The molecule has 0 aromatic carbocycles. The number of rotatable bonds is 14. The average Bonchev–Trinajstić information content (AvgIpc) is 2.70. The molecular weight excluding hydrogens is 510 g/mol. The summed E-state index contributed by atoms with van der Waals surface area (Å²) < 4.78 is 4.86. The van der Waals surface area contributed by atoms with Crippen LogP contribution in [0.2, 0.25) is 0 Å². The van der Waals surface area contributed by atoms with Gasteiger partial charge in [-0.25, -0.2) is 14.4 Å². The number of hydrogen-bond acceptors (Lipinski definition) is 11. The molecule has 0 saturated carbocycles. The van der Waals surface area contributed by atoms with Gasteiger partial charge in [-0.1, -0.05) is 21.6 Å². The molecule has 0 radical (unpaired) electrons. The van der Waals surface area contributed by atoms with Crippen molar-refractivity contribution in [2.45, 2.75) is 52.2 Å². The molecule has 0 rings (SSSR count). The van der Waals surface area contributed by atoms with Crippen LogP contribution in [-0.4, -0.2) is 93.2 Å². The summed E-state index contributed by atoms with van der Waals surface area (Å²) in [5.74, 6) is -5.63. The van der Waals surface area contributed by atoms with E-state index in [9.17, 15) is 38.7 Å². The Labute approximate surface area is 209 Å². The first-order valence-electron chi connectivity index (χ1n) is 9.88. The molecule has 0 aliphatic carbocycles. The smallest absolute Gasteiger partial charge is 0.337 e. The van der Waals surface area contributed by atoms with E-state index in [-0.39, 0.29) is 17.9 Å². The number of hydrogen-bond donors (Lipinski definition) is 3. The molecule has 0 bridgehead atoms. The third-order valence-electron chi connectivity index (χ3n) is 3.96. The van der Waals surface area contributed by atoms with Gasteiger partial charge in [0.1, 0.15) is 18.1 Å². The molecule has 0 unspecified atom stereocenters. The number of carboxylic acids is 1. The van der Waals surface area contributed by atoms with Crippen molar-refractivity contribution in [1.82, 2.24) is 15.5 Å². The fourth-order valence-corrected chi connectivity index (χ4v) is 5.34. The fraction of sp³-hybridized carbons (Fsp3) is 0.632. The van der Waals surface area contributed by atoms with E-state index < -0.39 is 59.7 Å². The highest BCUT2D eigenvalue weighted by Crippen LogP contribution is 2.25. The molecule has 12 nitrogen and oxygen atoms in total. The van der Waals surface area contributed by atoms with Gasteiger partial charge < -0.3 is 20.5 Å². The van der Waals surface area contributed by atoms with Crippen LogP contribution in [0, 0.1) is 0 Å². The van der Waals surface area contributed by atoms with Gasteiger partial charge in [0.05, 0.1) is 0 Å². The van der Waals surface area contributed by atoms with Crippen molar-refractivity contribution >= 4 is 74.9 Å². The van der Waals surface area contributed by atoms with E-state index in [1.54, 1.807) is 0 Å². The summed E-state index contributed by atoms with van der Waals surface area (Å²) in [6.07, 6.45) is 2.05. The van der Waals surface area contributed by atoms with Gasteiger partial charge in [0.2, 0.25) is 23.6 Å². The second-order valence-corrected chi connectivity index (χ2v) is 10.4. The van der Waals surface area contributed by atoms with E-state index in [0.717, 1.165) is 42.4 Å². The molecule has 34 heavy (non-hydrogen) atoms. The van der Waals surface area contributed by atoms with Crippen LogP contribution in [0.3, 0.4) is 0 Å². The molecule has 0 aliphatic rings. The Hall–Kier alpha value is -2.26. The first-order chi connectivity index (χ1) is 15.8. The second kappa shape index (κ2) is 16.4. The predicted octanol–water partition coefficient (Wildman–Crippen LogP) is 0.0483. The quantitative estimate of drug-likeness (QED) is 0.117. The van der Waals surface area contributed by atoms with Crippen molar-refractivity contribution in [2.24, 2.45) is 0 Å². The van der Waals surface area contributed by atoms with Gasteiger partial charge in [0, 0.05) is 39.2 Å². The first kappa shape index (κ1) is 31.7. The fourth-order valence-electron chi connectivity index (χ4n) is 2.53. The lowest BCUT2D eigenvalue weighted by atomic mass is 10.2. The third-order valence-corrected chi connectivity index (χ3v) is 7.00. The van der Waals surface area contributed by atoms with E-state index >= 15 is 0 Å². The molecule has 0 saturated heterocycles. The summed E-state index contributed by atoms with van der Waals surface area (Å²) in [5, 5.41) is 14.1. The summed E-state index contributed by atoms with van der Waals surface area (Å²) in [4.78, 5) is 83.0. The highest BCUT2D eigenvalue weighted by atomic mass is 33.1. The van der Waals surface area contributed by atoms with Crippen LogP contribution in [0.5, 0.6) is 0 Å². The summed E-state index contributed by atoms with van der Waals surface area (Å²) in [5.41, 5.74) is 0.